The molecule has 2 nitrogen and oxygen atoms in total. The maximum Gasteiger partial charge on any atom is 0.0457 e. The van der Waals surface area contributed by atoms with Gasteiger partial charge in [0, 0.05) is 29.7 Å². The lowest BCUT2D eigenvalue weighted by molar-refractivity contribution is 0.569. The van der Waals surface area contributed by atoms with E-state index in [1.54, 1.807) is 6.20 Å². The Kier molecular flexibility index (Phi) is 7.28. The van der Waals surface area contributed by atoms with E-state index < -0.39 is 0 Å². The standard InChI is InChI=1S/2C9H13N.CH4/c1-9(2,3)8-5-4-6-10-7-8;1-9(2,3)8-6-4-5-7-10-8;/h2*4-7H,1-3H3;1H4. The molecule has 21 heavy (non-hydrogen) atoms. The maximum atomic E-state index is 4.25. The van der Waals surface area contributed by atoms with Gasteiger partial charge in [0.15, 0.2) is 0 Å². The van der Waals surface area contributed by atoms with Crippen LogP contribution < -0.4 is 0 Å². The smallest absolute Gasteiger partial charge is 0.0457 e. The zero-order valence-electron chi connectivity index (χ0n) is 13.5. The lowest BCUT2D eigenvalue weighted by Crippen LogP contribution is -2.12. The highest BCUT2D eigenvalue weighted by molar-refractivity contribution is 5.17. The monoisotopic (exact) mass is 286 g/mol. The molecule has 116 valence electrons. The van der Waals surface area contributed by atoms with E-state index in [-0.39, 0.29) is 18.3 Å². The van der Waals surface area contributed by atoms with E-state index in [0.29, 0.717) is 0 Å². The Morgan fingerprint density at radius 1 is 0.762 bits per heavy atom. The van der Waals surface area contributed by atoms with Crippen molar-refractivity contribution in [3.8, 4) is 0 Å². The third-order valence-corrected chi connectivity index (χ3v) is 2.96. The number of hydrogen-bond acceptors (Lipinski definition) is 2. The van der Waals surface area contributed by atoms with Crippen LogP contribution in [0.2, 0.25) is 0 Å². The summed E-state index contributed by atoms with van der Waals surface area (Å²) in [6.07, 6.45) is 5.55. The number of aromatic nitrogens is 2. The Balaban J connectivity index is 0.000000364. The third-order valence-electron chi connectivity index (χ3n) is 2.96. The molecule has 0 aromatic carbocycles. The molecule has 2 aromatic rings. The van der Waals surface area contributed by atoms with Gasteiger partial charge in [-0.2, -0.15) is 0 Å². The molecule has 0 saturated heterocycles. The Morgan fingerprint density at radius 2 is 1.43 bits per heavy atom. The van der Waals surface area contributed by atoms with Gasteiger partial charge in [-0.3, -0.25) is 9.97 Å². The fourth-order valence-corrected chi connectivity index (χ4v) is 1.61. The van der Waals surface area contributed by atoms with Crippen LogP contribution in [-0.2, 0) is 10.8 Å². The Hall–Kier alpha value is -1.70. The van der Waals surface area contributed by atoms with Crippen LogP contribution in [0.3, 0.4) is 0 Å². The molecule has 0 saturated carbocycles. The highest BCUT2D eigenvalue weighted by Crippen LogP contribution is 2.20. The molecule has 0 bridgehead atoms. The van der Waals surface area contributed by atoms with Crippen LogP contribution in [0, 0.1) is 0 Å². The number of hydrogen-bond donors (Lipinski definition) is 0. The summed E-state index contributed by atoms with van der Waals surface area (Å²) in [5.74, 6) is 0. The summed E-state index contributed by atoms with van der Waals surface area (Å²) < 4.78 is 0. The van der Waals surface area contributed by atoms with Gasteiger partial charge in [0.2, 0.25) is 0 Å². The molecular formula is C19H30N2. The molecule has 0 radical (unpaired) electrons. The SMILES string of the molecule is C.CC(C)(C)c1ccccn1.CC(C)(C)c1cccnc1. The van der Waals surface area contributed by atoms with Crippen LogP contribution in [0.5, 0.6) is 0 Å². The molecule has 2 aromatic heterocycles. The van der Waals surface area contributed by atoms with Gasteiger partial charge in [-0.05, 0) is 29.2 Å². The second kappa shape index (κ2) is 7.92. The summed E-state index contributed by atoms with van der Waals surface area (Å²) in [6, 6.07) is 10.1. The van der Waals surface area contributed by atoms with Gasteiger partial charge in [0.1, 0.15) is 0 Å². The number of nitrogens with zero attached hydrogens (tertiary/aromatic N) is 2. The highest BCUT2D eigenvalue weighted by Gasteiger charge is 2.13. The first-order valence-corrected chi connectivity index (χ1v) is 7.03. The first-order valence-electron chi connectivity index (χ1n) is 7.03. The fraction of sp³-hybridized carbons (Fsp3) is 0.474. The zero-order valence-corrected chi connectivity index (χ0v) is 13.5. The molecular weight excluding hydrogens is 256 g/mol. The van der Waals surface area contributed by atoms with Gasteiger partial charge in [-0.1, -0.05) is 61.1 Å². The van der Waals surface area contributed by atoms with Crippen molar-refractivity contribution in [3.63, 3.8) is 0 Å². The largest absolute Gasteiger partial charge is 0.264 e. The van der Waals surface area contributed by atoms with Crippen molar-refractivity contribution in [2.75, 3.05) is 0 Å². The quantitative estimate of drug-likeness (QED) is 0.648. The molecule has 2 heterocycles. The van der Waals surface area contributed by atoms with Gasteiger partial charge in [0.05, 0.1) is 0 Å². The number of rotatable bonds is 0. The molecule has 2 rings (SSSR count). The van der Waals surface area contributed by atoms with Crippen LogP contribution in [0.25, 0.3) is 0 Å². The van der Waals surface area contributed by atoms with E-state index in [4.69, 9.17) is 0 Å². The van der Waals surface area contributed by atoms with E-state index in [0.717, 1.165) is 5.69 Å². The van der Waals surface area contributed by atoms with Crippen molar-refractivity contribution in [2.45, 2.75) is 59.8 Å². The van der Waals surface area contributed by atoms with Crippen molar-refractivity contribution < 1.29 is 0 Å². The second-order valence-electron chi connectivity index (χ2n) is 6.96. The molecule has 0 aliphatic rings. The summed E-state index contributed by atoms with van der Waals surface area (Å²) in [6.45, 7) is 13.0. The van der Waals surface area contributed by atoms with E-state index in [2.05, 4.69) is 63.6 Å². The van der Waals surface area contributed by atoms with Crippen LogP contribution in [0.1, 0.15) is 60.2 Å². The molecule has 0 N–H and O–H groups in total. The molecule has 0 unspecified atom stereocenters. The first-order chi connectivity index (χ1) is 9.21. The minimum atomic E-state index is 0. The Bertz CT molecular complexity index is 441. The van der Waals surface area contributed by atoms with E-state index in [1.807, 2.05) is 30.6 Å². The van der Waals surface area contributed by atoms with Crippen LogP contribution in [0.4, 0.5) is 0 Å². The topological polar surface area (TPSA) is 25.8 Å². The number of pyridine rings is 2. The van der Waals surface area contributed by atoms with Gasteiger partial charge >= 0.3 is 0 Å². The molecule has 0 aliphatic heterocycles. The van der Waals surface area contributed by atoms with Crippen molar-refractivity contribution in [1.29, 1.82) is 0 Å². The van der Waals surface area contributed by atoms with Crippen molar-refractivity contribution in [3.05, 3.63) is 60.2 Å². The molecule has 0 spiro atoms. The van der Waals surface area contributed by atoms with E-state index in [1.165, 1.54) is 5.56 Å². The minimum absolute atomic E-state index is 0. The lowest BCUT2D eigenvalue weighted by atomic mass is 9.88. The Morgan fingerprint density at radius 3 is 1.71 bits per heavy atom. The van der Waals surface area contributed by atoms with Gasteiger partial charge in [-0.15, -0.1) is 0 Å². The summed E-state index contributed by atoms with van der Waals surface area (Å²) in [5, 5.41) is 0. The lowest BCUT2D eigenvalue weighted by Gasteiger charge is -2.17. The third kappa shape index (κ3) is 7.03. The average molecular weight is 286 g/mol. The first kappa shape index (κ1) is 19.3. The minimum Gasteiger partial charge on any atom is -0.264 e. The highest BCUT2D eigenvalue weighted by atomic mass is 14.7. The van der Waals surface area contributed by atoms with Crippen molar-refractivity contribution in [1.82, 2.24) is 9.97 Å². The molecule has 0 amide bonds. The Labute approximate surface area is 130 Å². The van der Waals surface area contributed by atoms with E-state index >= 15 is 0 Å². The zero-order chi connectivity index (χ0) is 15.2. The summed E-state index contributed by atoms with van der Waals surface area (Å²) in [5.41, 5.74) is 2.85. The fourth-order valence-electron chi connectivity index (χ4n) is 1.61. The van der Waals surface area contributed by atoms with Crippen molar-refractivity contribution in [2.24, 2.45) is 0 Å². The normalized spacial score (nSPS) is 11.0. The predicted octanol–water partition coefficient (Wildman–Crippen LogP) is 5.39. The summed E-state index contributed by atoms with van der Waals surface area (Å²) >= 11 is 0. The maximum absolute atomic E-state index is 4.25. The molecule has 0 aliphatic carbocycles. The second-order valence-corrected chi connectivity index (χ2v) is 6.96. The van der Waals surface area contributed by atoms with Crippen molar-refractivity contribution >= 4 is 0 Å². The van der Waals surface area contributed by atoms with Crippen LogP contribution in [-0.4, -0.2) is 9.97 Å². The molecule has 0 atom stereocenters. The van der Waals surface area contributed by atoms with E-state index in [9.17, 15) is 0 Å². The molecule has 2 heteroatoms. The predicted molar refractivity (Wildman–Crippen MR) is 92.6 cm³/mol. The average Bonchev–Trinajstić information content (AvgIpc) is 2.40. The van der Waals surface area contributed by atoms with Gasteiger partial charge in [0.25, 0.3) is 0 Å². The molecule has 0 fully saturated rings. The summed E-state index contributed by atoms with van der Waals surface area (Å²) in [4.78, 5) is 8.30. The van der Waals surface area contributed by atoms with Gasteiger partial charge < -0.3 is 0 Å². The summed E-state index contributed by atoms with van der Waals surface area (Å²) in [7, 11) is 0. The van der Waals surface area contributed by atoms with Gasteiger partial charge in [-0.25, -0.2) is 0 Å². The van der Waals surface area contributed by atoms with Crippen LogP contribution >= 0.6 is 0 Å². The van der Waals surface area contributed by atoms with Crippen LogP contribution in [0.15, 0.2) is 48.9 Å².